The minimum Gasteiger partial charge on any atom is -0.327 e. The van der Waals surface area contributed by atoms with Crippen molar-refractivity contribution in [2.45, 2.75) is 18.9 Å². The van der Waals surface area contributed by atoms with E-state index < -0.39 is 0 Å². The van der Waals surface area contributed by atoms with Crippen molar-refractivity contribution >= 4 is 12.4 Å². The molecule has 3 heterocycles. The molecule has 1 saturated carbocycles. The van der Waals surface area contributed by atoms with E-state index in [1.165, 1.54) is 32.5 Å². The summed E-state index contributed by atoms with van der Waals surface area (Å²) in [5, 5.41) is 0. The summed E-state index contributed by atoms with van der Waals surface area (Å²) in [7, 11) is 0. The molecule has 4 bridgehead atoms. The molecule has 70 valence electrons. The van der Waals surface area contributed by atoms with Gasteiger partial charge in [-0.05, 0) is 30.6 Å². The lowest BCUT2D eigenvalue weighted by Crippen LogP contribution is -2.62. The highest BCUT2D eigenvalue weighted by Crippen LogP contribution is 2.42. The average Bonchev–Trinajstić information content (AvgIpc) is 1.98. The number of halogens is 1. The number of rotatable bonds is 0. The van der Waals surface area contributed by atoms with Crippen LogP contribution in [0.3, 0.4) is 0 Å². The van der Waals surface area contributed by atoms with Gasteiger partial charge in [0, 0.05) is 25.7 Å². The molecule has 3 aliphatic heterocycles. The summed E-state index contributed by atoms with van der Waals surface area (Å²) < 4.78 is 0. The number of hydrogen-bond acceptors (Lipinski definition) is 2. The molecule has 0 aromatic rings. The van der Waals surface area contributed by atoms with Crippen LogP contribution >= 0.6 is 12.4 Å². The molecule has 0 radical (unpaired) electrons. The highest BCUT2D eigenvalue weighted by atomic mass is 35.5. The van der Waals surface area contributed by atoms with Crippen LogP contribution < -0.4 is 5.73 Å². The third kappa shape index (κ3) is 1.09. The van der Waals surface area contributed by atoms with E-state index >= 15 is 0 Å². The quantitative estimate of drug-likeness (QED) is 0.607. The zero-order valence-corrected chi connectivity index (χ0v) is 8.09. The van der Waals surface area contributed by atoms with E-state index in [2.05, 4.69) is 4.90 Å². The summed E-state index contributed by atoms with van der Waals surface area (Å²) in [6, 6.07) is 0.544. The summed E-state index contributed by atoms with van der Waals surface area (Å²) in [4.78, 5) is 2.62. The van der Waals surface area contributed by atoms with E-state index in [1.807, 2.05) is 0 Å². The maximum atomic E-state index is 6.14. The third-order valence-corrected chi connectivity index (χ3v) is 3.86. The van der Waals surface area contributed by atoms with E-state index in [0.717, 1.165) is 17.8 Å². The van der Waals surface area contributed by atoms with Crippen LogP contribution in [0, 0.1) is 17.8 Å². The second kappa shape index (κ2) is 2.86. The summed E-state index contributed by atoms with van der Waals surface area (Å²) in [5.74, 6) is 2.70. The normalized spacial score (nSPS) is 55.2. The molecule has 12 heavy (non-hydrogen) atoms. The summed E-state index contributed by atoms with van der Waals surface area (Å²) >= 11 is 0. The fourth-order valence-corrected chi connectivity index (χ4v) is 3.45. The van der Waals surface area contributed by atoms with Crippen molar-refractivity contribution in [2.24, 2.45) is 23.5 Å². The largest absolute Gasteiger partial charge is 0.327 e. The predicted molar refractivity (Wildman–Crippen MR) is 51.4 cm³/mol. The summed E-state index contributed by atoms with van der Waals surface area (Å²) in [6.07, 6.45) is 2.85. The van der Waals surface area contributed by atoms with E-state index in [9.17, 15) is 0 Å². The van der Waals surface area contributed by atoms with Crippen molar-refractivity contribution in [1.29, 1.82) is 0 Å². The van der Waals surface area contributed by atoms with Gasteiger partial charge in [0.25, 0.3) is 0 Å². The van der Waals surface area contributed by atoms with Gasteiger partial charge in [-0.1, -0.05) is 0 Å². The molecular weight excluding hydrogens is 172 g/mol. The molecule has 0 unspecified atom stereocenters. The first-order valence-corrected chi connectivity index (χ1v) is 4.81. The van der Waals surface area contributed by atoms with Gasteiger partial charge in [0.15, 0.2) is 0 Å². The van der Waals surface area contributed by atoms with Crippen molar-refractivity contribution in [3.63, 3.8) is 0 Å². The number of piperidine rings is 3. The fraction of sp³-hybridized carbons (Fsp3) is 1.00. The standard InChI is InChI=1S/C9H16N2.ClH/c10-9-7-1-6-2-8(9)5-11(3-6)4-7;/h6-9H,1-5,10H2;1H/t6?,7-,8-,9?;/m1./s1. The molecular formula is C9H17ClN2. The third-order valence-electron chi connectivity index (χ3n) is 3.86. The highest BCUT2D eigenvalue weighted by molar-refractivity contribution is 5.85. The fourth-order valence-electron chi connectivity index (χ4n) is 3.45. The Labute approximate surface area is 79.9 Å². The van der Waals surface area contributed by atoms with E-state index in [4.69, 9.17) is 5.73 Å². The molecule has 2 N–H and O–H groups in total. The van der Waals surface area contributed by atoms with Crippen LogP contribution in [0.25, 0.3) is 0 Å². The van der Waals surface area contributed by atoms with Crippen LogP contribution in [-0.4, -0.2) is 30.6 Å². The maximum Gasteiger partial charge on any atom is 0.0120 e. The Morgan fingerprint density at radius 1 is 1.00 bits per heavy atom. The van der Waals surface area contributed by atoms with Gasteiger partial charge in [0.2, 0.25) is 0 Å². The van der Waals surface area contributed by atoms with Gasteiger partial charge in [0.05, 0.1) is 0 Å². The lowest BCUT2D eigenvalue weighted by molar-refractivity contribution is -0.0328. The van der Waals surface area contributed by atoms with Crippen LogP contribution in [0.2, 0.25) is 0 Å². The molecule has 0 amide bonds. The Morgan fingerprint density at radius 2 is 1.58 bits per heavy atom. The van der Waals surface area contributed by atoms with Crippen molar-refractivity contribution in [1.82, 2.24) is 4.90 Å². The number of nitrogens with two attached hydrogens (primary N) is 1. The van der Waals surface area contributed by atoms with Crippen molar-refractivity contribution in [2.75, 3.05) is 19.6 Å². The second-order valence-corrected chi connectivity index (χ2v) is 4.65. The van der Waals surface area contributed by atoms with Crippen molar-refractivity contribution in [3.05, 3.63) is 0 Å². The van der Waals surface area contributed by atoms with Gasteiger partial charge < -0.3 is 10.6 Å². The first-order chi connectivity index (χ1) is 5.33. The molecule has 4 rings (SSSR count). The van der Waals surface area contributed by atoms with Gasteiger partial charge >= 0.3 is 0 Å². The molecule has 3 saturated heterocycles. The Bertz CT molecular complexity index is 155. The molecule has 0 aromatic heterocycles. The lowest BCUT2D eigenvalue weighted by atomic mass is 9.65. The minimum absolute atomic E-state index is 0. The van der Waals surface area contributed by atoms with Crippen LogP contribution in [0.15, 0.2) is 0 Å². The predicted octanol–water partition coefficient (Wildman–Crippen LogP) is 0.707. The topological polar surface area (TPSA) is 29.3 Å². The van der Waals surface area contributed by atoms with Crippen LogP contribution in [0.5, 0.6) is 0 Å². The van der Waals surface area contributed by atoms with E-state index in [-0.39, 0.29) is 12.4 Å². The highest BCUT2D eigenvalue weighted by Gasteiger charge is 2.45. The molecule has 2 nitrogen and oxygen atoms in total. The average molecular weight is 189 g/mol. The molecule has 4 fully saturated rings. The van der Waals surface area contributed by atoms with E-state index in [1.54, 1.807) is 0 Å². The Hall–Kier alpha value is 0.210. The Morgan fingerprint density at radius 3 is 2.08 bits per heavy atom. The van der Waals surface area contributed by atoms with Crippen molar-refractivity contribution < 1.29 is 0 Å². The van der Waals surface area contributed by atoms with Gasteiger partial charge in [-0.3, -0.25) is 0 Å². The number of hydrogen-bond donors (Lipinski definition) is 1. The first-order valence-electron chi connectivity index (χ1n) is 4.81. The summed E-state index contributed by atoms with van der Waals surface area (Å²) in [5.41, 5.74) is 6.14. The Balaban J connectivity index is 0.000000563. The summed E-state index contributed by atoms with van der Waals surface area (Å²) in [6.45, 7) is 3.97. The van der Waals surface area contributed by atoms with Gasteiger partial charge in [-0.15, -0.1) is 12.4 Å². The molecule has 0 spiro atoms. The maximum absolute atomic E-state index is 6.14. The van der Waals surface area contributed by atoms with Crippen LogP contribution in [0.4, 0.5) is 0 Å². The first kappa shape index (κ1) is 8.79. The minimum atomic E-state index is 0. The molecule has 2 atom stereocenters. The monoisotopic (exact) mass is 188 g/mol. The van der Waals surface area contributed by atoms with Crippen molar-refractivity contribution in [3.8, 4) is 0 Å². The molecule has 0 aromatic carbocycles. The van der Waals surface area contributed by atoms with Crippen LogP contribution in [0.1, 0.15) is 12.8 Å². The van der Waals surface area contributed by atoms with E-state index in [0.29, 0.717) is 6.04 Å². The molecule has 4 aliphatic rings. The zero-order valence-electron chi connectivity index (χ0n) is 7.28. The second-order valence-electron chi connectivity index (χ2n) is 4.65. The Kier molecular flexibility index (Phi) is 2.10. The van der Waals surface area contributed by atoms with Crippen LogP contribution in [-0.2, 0) is 0 Å². The van der Waals surface area contributed by atoms with Gasteiger partial charge in [-0.2, -0.15) is 0 Å². The zero-order chi connectivity index (χ0) is 7.42. The van der Waals surface area contributed by atoms with Gasteiger partial charge in [0.1, 0.15) is 0 Å². The SMILES string of the molecule is Cl.NC1[C@@H]2CC3C[C@@H]1CN(C3)C2. The number of nitrogens with zero attached hydrogens (tertiary/aromatic N) is 1. The molecule has 1 aliphatic carbocycles. The smallest absolute Gasteiger partial charge is 0.0120 e. The van der Waals surface area contributed by atoms with Gasteiger partial charge in [-0.25, -0.2) is 0 Å². The molecule has 3 heteroatoms. The lowest BCUT2D eigenvalue weighted by Gasteiger charge is -2.54.